The Labute approximate surface area is 309 Å². The van der Waals surface area contributed by atoms with Crippen LogP contribution in [-0.4, -0.2) is 13.0 Å². The predicted octanol–water partition coefficient (Wildman–Crippen LogP) is 9.24. The molecular weight excluding hydrogens is 576 g/mol. The first-order chi connectivity index (χ1) is 20.5. The van der Waals surface area contributed by atoms with Crippen molar-refractivity contribution >= 4 is 20.9 Å². The summed E-state index contributed by atoms with van der Waals surface area (Å²) in [5.41, 5.74) is 1.84. The van der Waals surface area contributed by atoms with Crippen molar-refractivity contribution in [1.29, 1.82) is 0 Å². The molecule has 2 rings (SSSR count). The van der Waals surface area contributed by atoms with Gasteiger partial charge in [-0.15, -0.1) is 0 Å². The second-order valence-corrected chi connectivity index (χ2v) is 14.2. The molecule has 240 valence electrons. The maximum atomic E-state index is 12.4. The summed E-state index contributed by atoms with van der Waals surface area (Å²) in [5, 5.41) is 1.47. The van der Waals surface area contributed by atoms with Gasteiger partial charge in [-0.25, -0.2) is 8.42 Å². The number of unbranched alkanes of at least 4 members (excludes halogenated alkanes) is 22. The quantitative estimate of drug-likeness (QED) is 0.0557. The summed E-state index contributed by atoms with van der Waals surface area (Å²) in [6, 6.07) is 9.94. The van der Waals surface area contributed by atoms with Crippen molar-refractivity contribution < 1.29 is 64.4 Å². The zero-order valence-corrected chi connectivity index (χ0v) is 32.3. The summed E-state index contributed by atoms with van der Waals surface area (Å²) in [7, 11) is -4.54. The molecule has 0 aromatic heterocycles. The van der Waals surface area contributed by atoms with E-state index in [1.807, 2.05) is 24.3 Å². The summed E-state index contributed by atoms with van der Waals surface area (Å²) in [6.45, 7) is 4.53. The first-order valence-corrected chi connectivity index (χ1v) is 19.4. The van der Waals surface area contributed by atoms with Crippen LogP contribution in [0.5, 0.6) is 0 Å². The third-order valence-electron chi connectivity index (χ3n) is 8.99. The fourth-order valence-electron chi connectivity index (χ4n) is 6.36. The molecule has 0 radical (unpaired) electrons. The Morgan fingerprint density at radius 1 is 0.512 bits per heavy atom. The molecule has 2 aromatic rings. The van der Waals surface area contributed by atoms with Crippen molar-refractivity contribution in [3.8, 4) is 0 Å². The van der Waals surface area contributed by atoms with Crippen LogP contribution in [0.15, 0.2) is 35.2 Å². The Hall–Kier alpha value is 0.246. The molecule has 2 aromatic carbocycles. The van der Waals surface area contributed by atoms with E-state index in [2.05, 4.69) is 19.9 Å². The summed E-state index contributed by atoms with van der Waals surface area (Å²) in [6.07, 6.45) is 32.7. The van der Waals surface area contributed by atoms with Crippen LogP contribution in [0.3, 0.4) is 0 Å². The zero-order valence-electron chi connectivity index (χ0n) is 28.4. The first-order valence-electron chi connectivity index (χ1n) is 18.0. The van der Waals surface area contributed by atoms with Gasteiger partial charge in [0, 0.05) is 0 Å². The molecular formula is C38H63KO3S. The van der Waals surface area contributed by atoms with Gasteiger partial charge >= 0.3 is 51.4 Å². The largest absolute Gasteiger partial charge is 1.00 e. The second kappa shape index (κ2) is 26.3. The van der Waals surface area contributed by atoms with Gasteiger partial charge in [0.15, 0.2) is 0 Å². The fourth-order valence-corrected chi connectivity index (χ4v) is 7.30. The van der Waals surface area contributed by atoms with E-state index in [9.17, 15) is 13.0 Å². The van der Waals surface area contributed by atoms with Gasteiger partial charge in [0.25, 0.3) is 0 Å². The number of rotatable bonds is 27. The number of hydrogen-bond acceptors (Lipinski definition) is 3. The molecule has 0 saturated carbocycles. The zero-order chi connectivity index (χ0) is 30.3. The maximum Gasteiger partial charge on any atom is 1.00 e. The van der Waals surface area contributed by atoms with Crippen LogP contribution in [0.2, 0.25) is 0 Å². The van der Waals surface area contributed by atoms with E-state index in [-0.39, 0.29) is 56.3 Å². The monoisotopic (exact) mass is 638 g/mol. The number of fused-ring (bicyclic) bond motifs is 1. The molecule has 0 heterocycles. The molecule has 0 fully saturated rings. The summed E-state index contributed by atoms with van der Waals surface area (Å²) in [4.78, 5) is 0.0274. The molecule has 5 heteroatoms. The van der Waals surface area contributed by atoms with Crippen molar-refractivity contribution in [2.75, 3.05) is 0 Å². The number of hydrogen-bond donors (Lipinski definition) is 0. The molecule has 0 aliphatic rings. The van der Waals surface area contributed by atoms with Gasteiger partial charge < -0.3 is 4.55 Å². The van der Waals surface area contributed by atoms with Gasteiger partial charge in [-0.3, -0.25) is 0 Å². The van der Waals surface area contributed by atoms with Crippen molar-refractivity contribution in [3.63, 3.8) is 0 Å². The SMILES string of the molecule is CCCCCCCCCCCCCCc1ccc2ccc(CCCCCCCCCCCCCC)c(S(=O)(=O)[O-])c2c1.[K+]. The third-order valence-corrected chi connectivity index (χ3v) is 9.97. The van der Waals surface area contributed by atoms with E-state index < -0.39 is 10.1 Å². The second-order valence-electron chi connectivity index (χ2n) is 12.8. The molecule has 43 heavy (non-hydrogen) atoms. The number of aryl methyl sites for hydroxylation is 2. The van der Waals surface area contributed by atoms with E-state index in [1.54, 1.807) is 0 Å². The first kappa shape index (κ1) is 41.3. The molecule has 0 aliphatic carbocycles. The third kappa shape index (κ3) is 18.9. The predicted molar refractivity (Wildman–Crippen MR) is 181 cm³/mol. The summed E-state index contributed by atoms with van der Waals surface area (Å²) in [5.74, 6) is 0. The summed E-state index contributed by atoms with van der Waals surface area (Å²) >= 11 is 0. The standard InChI is InChI=1S/C38H64O3S.K/c1-3-5-7-9-11-13-15-17-19-21-23-25-27-34-29-30-35-31-32-36(38(37(35)33-34)42(39,40)41)28-26-24-22-20-18-16-14-12-10-8-6-4-2;/h29-33H,3-28H2,1-2H3,(H,39,40,41);/q;+1/p-1. The van der Waals surface area contributed by atoms with Crippen molar-refractivity contribution in [2.24, 2.45) is 0 Å². The molecule has 0 saturated heterocycles. The van der Waals surface area contributed by atoms with Crippen LogP contribution >= 0.6 is 0 Å². The van der Waals surface area contributed by atoms with Crippen LogP contribution in [-0.2, 0) is 23.0 Å². The molecule has 0 bridgehead atoms. The minimum Gasteiger partial charge on any atom is -0.744 e. The fraction of sp³-hybridized carbons (Fsp3) is 0.737. The Morgan fingerprint density at radius 3 is 1.30 bits per heavy atom. The van der Waals surface area contributed by atoms with Crippen LogP contribution in [0.25, 0.3) is 10.8 Å². The van der Waals surface area contributed by atoms with Crippen LogP contribution in [0, 0.1) is 0 Å². The topological polar surface area (TPSA) is 57.2 Å². The van der Waals surface area contributed by atoms with E-state index in [0.717, 1.165) is 36.6 Å². The smallest absolute Gasteiger partial charge is 0.744 e. The van der Waals surface area contributed by atoms with Gasteiger partial charge in [-0.05, 0) is 53.6 Å². The molecule has 3 nitrogen and oxygen atoms in total. The van der Waals surface area contributed by atoms with E-state index >= 15 is 0 Å². The summed E-state index contributed by atoms with van der Waals surface area (Å²) < 4.78 is 37.2. The molecule has 0 spiro atoms. The van der Waals surface area contributed by atoms with E-state index in [1.165, 1.54) is 135 Å². The van der Waals surface area contributed by atoms with Crippen LogP contribution in [0.1, 0.15) is 179 Å². The van der Waals surface area contributed by atoms with E-state index in [0.29, 0.717) is 17.4 Å². The van der Waals surface area contributed by atoms with Crippen molar-refractivity contribution in [3.05, 3.63) is 41.5 Å². The molecule has 0 amide bonds. The average molecular weight is 639 g/mol. The maximum absolute atomic E-state index is 12.4. The van der Waals surface area contributed by atoms with Crippen LogP contribution < -0.4 is 51.4 Å². The van der Waals surface area contributed by atoms with Crippen molar-refractivity contribution in [1.82, 2.24) is 0 Å². The molecule has 0 N–H and O–H groups in total. The number of benzene rings is 2. The molecule has 0 aliphatic heterocycles. The van der Waals surface area contributed by atoms with Gasteiger partial charge in [-0.1, -0.05) is 179 Å². The average Bonchev–Trinajstić information content (AvgIpc) is 2.97. The van der Waals surface area contributed by atoms with Gasteiger partial charge in [-0.2, -0.15) is 0 Å². The Kier molecular flexibility index (Phi) is 25.3. The van der Waals surface area contributed by atoms with E-state index in [4.69, 9.17) is 0 Å². The van der Waals surface area contributed by atoms with Crippen molar-refractivity contribution in [2.45, 2.75) is 186 Å². The Morgan fingerprint density at radius 2 is 0.884 bits per heavy atom. The minimum absolute atomic E-state index is 0. The minimum atomic E-state index is -4.54. The van der Waals surface area contributed by atoms with Gasteiger partial charge in [0.05, 0.1) is 4.90 Å². The van der Waals surface area contributed by atoms with Crippen LogP contribution in [0.4, 0.5) is 0 Å². The van der Waals surface area contributed by atoms with Gasteiger partial charge in [0.2, 0.25) is 0 Å². The molecule has 0 unspecified atom stereocenters. The Balaban J connectivity index is 0.00000924. The van der Waals surface area contributed by atoms with Gasteiger partial charge in [0.1, 0.15) is 10.1 Å². The normalized spacial score (nSPS) is 11.7. The molecule has 0 atom stereocenters. The Bertz CT molecular complexity index is 1060.